The first kappa shape index (κ1) is 11.2. The van der Waals surface area contributed by atoms with Gasteiger partial charge < -0.3 is 5.32 Å². The van der Waals surface area contributed by atoms with Crippen molar-refractivity contribution in [3.8, 4) is 11.1 Å². The summed E-state index contributed by atoms with van der Waals surface area (Å²) in [4.78, 5) is 8.82. The van der Waals surface area contributed by atoms with Crippen LogP contribution in [-0.4, -0.2) is 33.5 Å². The summed E-state index contributed by atoms with van der Waals surface area (Å²) in [7, 11) is 0. The zero-order chi connectivity index (χ0) is 13.4. The van der Waals surface area contributed by atoms with Crippen LogP contribution in [0.2, 0.25) is 0 Å². The number of nitrogens with one attached hydrogen (secondary N) is 1. The van der Waals surface area contributed by atoms with Crippen LogP contribution in [0, 0.1) is 0 Å². The van der Waals surface area contributed by atoms with E-state index in [-0.39, 0.29) is 0 Å². The molecule has 0 amide bonds. The maximum Gasteiger partial charge on any atom is 0.166 e. The molecule has 1 aromatic carbocycles. The average molecular weight is 263 g/mol. The molecule has 5 heteroatoms. The van der Waals surface area contributed by atoms with Crippen LogP contribution in [0.15, 0.2) is 53.9 Å². The third-order valence-corrected chi connectivity index (χ3v) is 3.41. The molecule has 98 valence electrons. The molecule has 1 aliphatic rings. The van der Waals surface area contributed by atoms with Gasteiger partial charge in [-0.1, -0.05) is 30.3 Å². The second-order valence-corrected chi connectivity index (χ2v) is 4.69. The largest absolute Gasteiger partial charge is 0.368 e. The third-order valence-electron chi connectivity index (χ3n) is 3.41. The predicted molar refractivity (Wildman–Crippen MR) is 77.8 cm³/mol. The van der Waals surface area contributed by atoms with Crippen LogP contribution in [0.1, 0.15) is 5.56 Å². The minimum atomic E-state index is 0.811. The number of rotatable bonds is 2. The lowest BCUT2D eigenvalue weighted by Crippen LogP contribution is -2.20. The quantitative estimate of drug-likeness (QED) is 0.766. The highest BCUT2D eigenvalue weighted by atomic mass is 15.3. The highest BCUT2D eigenvalue weighted by Crippen LogP contribution is 2.22. The number of hydrogen-bond acceptors (Lipinski definition) is 4. The molecule has 0 saturated heterocycles. The highest BCUT2D eigenvalue weighted by Gasteiger charge is 2.15. The lowest BCUT2D eigenvalue weighted by Gasteiger charge is -2.08. The van der Waals surface area contributed by atoms with Gasteiger partial charge in [-0.2, -0.15) is 5.10 Å². The zero-order valence-electron chi connectivity index (χ0n) is 10.8. The predicted octanol–water partition coefficient (Wildman–Crippen LogP) is 1.75. The van der Waals surface area contributed by atoms with Crippen LogP contribution >= 0.6 is 0 Å². The molecule has 0 atom stereocenters. The molecule has 3 heterocycles. The Morgan fingerprint density at radius 3 is 2.80 bits per heavy atom. The number of aliphatic imine (C=N–C) groups is 1. The van der Waals surface area contributed by atoms with Crippen molar-refractivity contribution in [2.75, 3.05) is 13.1 Å². The summed E-state index contributed by atoms with van der Waals surface area (Å²) in [6.45, 7) is 1.69. The molecule has 5 nitrogen and oxygen atoms in total. The number of aromatic nitrogens is 3. The highest BCUT2D eigenvalue weighted by molar-refractivity contribution is 6.05. The van der Waals surface area contributed by atoms with E-state index in [2.05, 4.69) is 38.6 Å². The summed E-state index contributed by atoms with van der Waals surface area (Å²) in [6.07, 6.45) is 3.57. The number of pyridine rings is 1. The lowest BCUT2D eigenvalue weighted by molar-refractivity contribution is 0.952. The molecular formula is C15H13N5. The number of fused-ring (bicyclic) bond motifs is 1. The minimum Gasteiger partial charge on any atom is -0.368 e. The Hall–Kier alpha value is -2.69. The van der Waals surface area contributed by atoms with E-state index in [0.29, 0.717) is 0 Å². The first-order valence-electron chi connectivity index (χ1n) is 6.59. The third kappa shape index (κ3) is 1.75. The van der Waals surface area contributed by atoms with Crippen molar-refractivity contribution < 1.29 is 0 Å². The van der Waals surface area contributed by atoms with Gasteiger partial charge in [0.15, 0.2) is 5.65 Å². The normalized spacial score (nSPS) is 14.3. The van der Waals surface area contributed by atoms with Gasteiger partial charge in [-0.3, -0.25) is 4.99 Å². The Kier molecular flexibility index (Phi) is 2.48. The van der Waals surface area contributed by atoms with Gasteiger partial charge in [-0.25, -0.2) is 9.50 Å². The van der Waals surface area contributed by atoms with Crippen LogP contribution in [0.25, 0.3) is 16.8 Å². The molecule has 2 aromatic heterocycles. The average Bonchev–Trinajstić information content (AvgIpc) is 3.18. The van der Waals surface area contributed by atoms with Gasteiger partial charge in [-0.15, -0.1) is 0 Å². The van der Waals surface area contributed by atoms with Crippen LogP contribution in [0.4, 0.5) is 0 Å². The molecule has 0 bridgehead atoms. The van der Waals surface area contributed by atoms with Crippen LogP contribution in [0.3, 0.4) is 0 Å². The van der Waals surface area contributed by atoms with Gasteiger partial charge in [0, 0.05) is 18.3 Å². The van der Waals surface area contributed by atoms with Gasteiger partial charge >= 0.3 is 0 Å². The molecule has 4 rings (SSSR count). The molecule has 20 heavy (non-hydrogen) atoms. The Morgan fingerprint density at radius 1 is 1.10 bits per heavy atom. The van der Waals surface area contributed by atoms with Crippen LogP contribution < -0.4 is 5.32 Å². The Balaban J connectivity index is 1.95. The summed E-state index contributed by atoms with van der Waals surface area (Å²) in [5.41, 5.74) is 4.10. The van der Waals surface area contributed by atoms with E-state index in [9.17, 15) is 0 Å². The van der Waals surface area contributed by atoms with Crippen molar-refractivity contribution >= 4 is 11.5 Å². The molecule has 3 aromatic rings. The molecule has 0 aliphatic carbocycles. The van der Waals surface area contributed by atoms with E-state index in [1.807, 2.05) is 24.4 Å². The van der Waals surface area contributed by atoms with Gasteiger partial charge in [0.2, 0.25) is 0 Å². The number of hydrogen-bond donors (Lipinski definition) is 1. The Morgan fingerprint density at radius 2 is 2.00 bits per heavy atom. The number of benzene rings is 1. The van der Waals surface area contributed by atoms with Crippen molar-refractivity contribution in [2.24, 2.45) is 4.99 Å². The first-order chi connectivity index (χ1) is 9.92. The maximum absolute atomic E-state index is 4.49. The number of nitrogens with zero attached hydrogens (tertiary/aromatic N) is 4. The molecule has 0 radical (unpaired) electrons. The van der Waals surface area contributed by atoms with Crippen molar-refractivity contribution in [1.82, 2.24) is 19.9 Å². The lowest BCUT2D eigenvalue weighted by atomic mass is 10.1. The standard InChI is InChI=1S/C15H13N5/c1-2-4-11(5-3-1)12-8-13(14-16-6-7-17-14)15-18-10-19-20(15)9-12/h1-5,8-10H,6-7H2,(H,16,17). The van der Waals surface area contributed by atoms with E-state index >= 15 is 0 Å². The van der Waals surface area contributed by atoms with Gasteiger partial charge in [0.05, 0.1) is 12.1 Å². The minimum absolute atomic E-state index is 0.811. The van der Waals surface area contributed by atoms with E-state index in [1.165, 1.54) is 0 Å². The first-order valence-corrected chi connectivity index (χ1v) is 6.59. The van der Waals surface area contributed by atoms with Gasteiger partial charge in [-0.05, 0) is 11.6 Å². The van der Waals surface area contributed by atoms with E-state index in [0.717, 1.165) is 41.3 Å². The molecule has 1 N–H and O–H groups in total. The number of amidine groups is 1. The topological polar surface area (TPSA) is 54.6 Å². The van der Waals surface area contributed by atoms with Gasteiger partial charge in [0.1, 0.15) is 12.2 Å². The fourth-order valence-corrected chi connectivity index (χ4v) is 2.47. The molecule has 0 unspecified atom stereocenters. The van der Waals surface area contributed by atoms with E-state index in [1.54, 1.807) is 10.8 Å². The summed E-state index contributed by atoms with van der Waals surface area (Å²) in [6, 6.07) is 12.4. The summed E-state index contributed by atoms with van der Waals surface area (Å²) >= 11 is 0. The molecule has 0 saturated carbocycles. The molecule has 0 fully saturated rings. The monoisotopic (exact) mass is 263 g/mol. The second kappa shape index (κ2) is 4.45. The molecule has 0 spiro atoms. The molecular weight excluding hydrogens is 250 g/mol. The zero-order valence-corrected chi connectivity index (χ0v) is 10.8. The SMILES string of the molecule is c1ccc(-c2cc(C3=NCCN3)c3ncnn3c2)cc1. The summed E-state index contributed by atoms with van der Waals surface area (Å²) in [5, 5.41) is 7.56. The maximum atomic E-state index is 4.49. The second-order valence-electron chi connectivity index (χ2n) is 4.69. The smallest absolute Gasteiger partial charge is 0.166 e. The van der Waals surface area contributed by atoms with Crippen molar-refractivity contribution in [1.29, 1.82) is 0 Å². The van der Waals surface area contributed by atoms with Crippen LogP contribution in [0.5, 0.6) is 0 Å². The summed E-state index contributed by atoms with van der Waals surface area (Å²) < 4.78 is 1.81. The van der Waals surface area contributed by atoms with Crippen LogP contribution in [-0.2, 0) is 0 Å². The fourth-order valence-electron chi connectivity index (χ4n) is 2.47. The van der Waals surface area contributed by atoms with Crippen molar-refractivity contribution in [3.63, 3.8) is 0 Å². The molecule has 1 aliphatic heterocycles. The Labute approximate surface area is 116 Å². The fraction of sp³-hybridized carbons (Fsp3) is 0.133. The van der Waals surface area contributed by atoms with E-state index in [4.69, 9.17) is 0 Å². The summed E-state index contributed by atoms with van der Waals surface area (Å²) in [5.74, 6) is 0.904. The Bertz CT molecular complexity index is 788. The van der Waals surface area contributed by atoms with Crippen molar-refractivity contribution in [3.05, 3.63) is 54.5 Å². The van der Waals surface area contributed by atoms with E-state index < -0.39 is 0 Å². The van der Waals surface area contributed by atoms with Crippen molar-refractivity contribution in [2.45, 2.75) is 0 Å². The van der Waals surface area contributed by atoms with Gasteiger partial charge in [0.25, 0.3) is 0 Å².